The summed E-state index contributed by atoms with van der Waals surface area (Å²) in [4.78, 5) is 31.7. The Balaban J connectivity index is 1.21. The van der Waals surface area contributed by atoms with Crippen LogP contribution in [0, 0.1) is 11.6 Å². The van der Waals surface area contributed by atoms with Gasteiger partial charge < -0.3 is 14.7 Å². The van der Waals surface area contributed by atoms with E-state index in [2.05, 4.69) is 10.2 Å². The Bertz CT molecular complexity index is 1440. The highest BCUT2D eigenvalue weighted by Crippen LogP contribution is 2.20. The van der Waals surface area contributed by atoms with Gasteiger partial charge in [0.05, 0.1) is 11.3 Å². The Morgan fingerprint density at radius 3 is 2.15 bits per heavy atom. The van der Waals surface area contributed by atoms with E-state index in [4.69, 9.17) is 0 Å². The van der Waals surface area contributed by atoms with Crippen LogP contribution in [0.1, 0.15) is 15.9 Å². The Morgan fingerprint density at radius 2 is 1.48 bits per heavy atom. The topological polar surface area (TPSA) is 69.6 Å². The Labute approximate surface area is 231 Å². The lowest BCUT2D eigenvalue weighted by atomic mass is 10.1. The first kappa shape index (κ1) is 26.9. The minimum atomic E-state index is -0.607. The number of carbonyl (C=O) groups is 2. The normalized spacial score (nSPS) is 13.2. The van der Waals surface area contributed by atoms with Crippen LogP contribution in [-0.4, -0.2) is 71.1 Å². The van der Waals surface area contributed by atoms with Gasteiger partial charge in [0.2, 0.25) is 5.91 Å². The number of aromatic nitrogens is 2. The monoisotopic (exact) mass is 541 g/mol. The van der Waals surface area contributed by atoms with Crippen molar-refractivity contribution in [2.75, 3.05) is 44.2 Å². The molecule has 3 aromatic carbocycles. The molecule has 2 amide bonds. The summed E-state index contributed by atoms with van der Waals surface area (Å²) in [6.45, 7) is 2.19. The average Bonchev–Trinajstić information content (AvgIpc) is 3.00. The van der Waals surface area contributed by atoms with Crippen molar-refractivity contribution < 1.29 is 18.4 Å². The number of amides is 2. The van der Waals surface area contributed by atoms with Crippen LogP contribution in [0.2, 0.25) is 0 Å². The summed E-state index contributed by atoms with van der Waals surface area (Å²) in [6, 6.07) is 25.3. The number of hydrogen-bond donors (Lipinski definition) is 0. The molecule has 0 unspecified atom stereocenters. The summed E-state index contributed by atoms with van der Waals surface area (Å²) < 4.78 is 27.6. The summed E-state index contributed by atoms with van der Waals surface area (Å²) in [6.07, 6.45) is 0.550. The van der Waals surface area contributed by atoms with Gasteiger partial charge in [-0.05, 0) is 60.5 Å². The minimum Gasteiger partial charge on any atom is -0.352 e. The second-order valence-corrected chi connectivity index (χ2v) is 9.59. The van der Waals surface area contributed by atoms with Crippen LogP contribution in [0.25, 0.3) is 11.3 Å². The molecule has 0 N–H and O–H groups in total. The van der Waals surface area contributed by atoms with Crippen molar-refractivity contribution in [1.29, 1.82) is 0 Å². The lowest BCUT2D eigenvalue weighted by molar-refractivity contribution is -0.132. The summed E-state index contributed by atoms with van der Waals surface area (Å²) in [5, 5.41) is 8.61. The highest BCUT2D eigenvalue weighted by molar-refractivity contribution is 5.96. The molecule has 40 heavy (non-hydrogen) atoms. The van der Waals surface area contributed by atoms with Crippen LogP contribution < -0.4 is 4.90 Å². The average molecular weight is 542 g/mol. The van der Waals surface area contributed by atoms with Gasteiger partial charge in [0.15, 0.2) is 5.82 Å². The third-order valence-electron chi connectivity index (χ3n) is 6.98. The first-order chi connectivity index (χ1) is 19.5. The number of hydrogen-bond acceptors (Lipinski definition) is 5. The van der Waals surface area contributed by atoms with E-state index in [1.165, 1.54) is 35.2 Å². The molecule has 5 rings (SSSR count). The Kier molecular flexibility index (Phi) is 8.39. The zero-order chi connectivity index (χ0) is 27.9. The van der Waals surface area contributed by atoms with Gasteiger partial charge in [-0.15, -0.1) is 10.2 Å². The smallest absolute Gasteiger partial charge is 0.257 e. The van der Waals surface area contributed by atoms with Gasteiger partial charge in [-0.3, -0.25) is 9.59 Å². The van der Waals surface area contributed by atoms with Crippen molar-refractivity contribution in [1.82, 2.24) is 20.0 Å². The molecule has 1 aliphatic rings. The fourth-order valence-electron chi connectivity index (χ4n) is 4.68. The molecule has 0 aliphatic carbocycles. The van der Waals surface area contributed by atoms with Gasteiger partial charge in [0.1, 0.15) is 18.2 Å². The quantitative estimate of drug-likeness (QED) is 0.330. The molecule has 0 saturated carbocycles. The molecule has 4 aromatic rings. The van der Waals surface area contributed by atoms with Crippen molar-refractivity contribution in [2.24, 2.45) is 0 Å². The standard InChI is InChI=1S/C31H29F2N5O2/c32-25-12-10-24(11-13-25)28-14-15-29(35-34-28)36-18-20-37(21-19-36)30(39)22-38(17-16-23-6-2-1-3-7-23)31(40)26-8-4-5-9-27(26)33/h1-15H,16-22H2. The zero-order valence-corrected chi connectivity index (χ0v) is 21.9. The van der Waals surface area contributed by atoms with Crippen LogP contribution in [-0.2, 0) is 11.2 Å². The molecule has 9 heteroatoms. The van der Waals surface area contributed by atoms with Gasteiger partial charge in [-0.2, -0.15) is 0 Å². The second-order valence-electron chi connectivity index (χ2n) is 9.59. The highest BCUT2D eigenvalue weighted by Gasteiger charge is 2.27. The zero-order valence-electron chi connectivity index (χ0n) is 21.9. The molecule has 0 atom stereocenters. The molecular formula is C31H29F2N5O2. The van der Waals surface area contributed by atoms with E-state index in [0.717, 1.165) is 11.1 Å². The summed E-state index contributed by atoms with van der Waals surface area (Å²) in [5.41, 5.74) is 2.41. The molecule has 0 radical (unpaired) electrons. The van der Waals surface area contributed by atoms with Crippen molar-refractivity contribution in [3.8, 4) is 11.3 Å². The molecular weight excluding hydrogens is 512 g/mol. The molecule has 7 nitrogen and oxygen atoms in total. The predicted molar refractivity (Wildman–Crippen MR) is 149 cm³/mol. The van der Waals surface area contributed by atoms with Gasteiger partial charge >= 0.3 is 0 Å². The van der Waals surface area contributed by atoms with Crippen LogP contribution in [0.5, 0.6) is 0 Å². The Morgan fingerprint density at radius 1 is 0.775 bits per heavy atom. The Hall–Kier alpha value is -4.66. The second kappa shape index (κ2) is 12.5. The maximum absolute atomic E-state index is 14.4. The number of benzene rings is 3. The lowest BCUT2D eigenvalue weighted by Crippen LogP contribution is -2.52. The highest BCUT2D eigenvalue weighted by atomic mass is 19.1. The number of carbonyl (C=O) groups excluding carboxylic acids is 2. The largest absolute Gasteiger partial charge is 0.352 e. The SMILES string of the molecule is O=C(CN(CCc1ccccc1)C(=O)c1ccccc1F)N1CCN(c2ccc(-c3ccc(F)cc3)nn2)CC1. The van der Waals surface area contributed by atoms with E-state index < -0.39 is 11.7 Å². The van der Waals surface area contributed by atoms with Crippen molar-refractivity contribution in [3.05, 3.63) is 114 Å². The van der Waals surface area contributed by atoms with Crippen molar-refractivity contribution in [2.45, 2.75) is 6.42 Å². The number of rotatable bonds is 8. The summed E-state index contributed by atoms with van der Waals surface area (Å²) in [7, 11) is 0. The third-order valence-corrected chi connectivity index (χ3v) is 6.98. The van der Waals surface area contributed by atoms with E-state index in [1.54, 1.807) is 23.1 Å². The number of piperazine rings is 1. The first-order valence-electron chi connectivity index (χ1n) is 13.2. The number of nitrogens with zero attached hydrogens (tertiary/aromatic N) is 5. The molecule has 2 heterocycles. The molecule has 0 bridgehead atoms. The van der Waals surface area contributed by atoms with E-state index in [1.807, 2.05) is 47.4 Å². The van der Waals surface area contributed by atoms with Crippen LogP contribution >= 0.6 is 0 Å². The molecule has 1 saturated heterocycles. The lowest BCUT2D eigenvalue weighted by Gasteiger charge is -2.36. The van der Waals surface area contributed by atoms with Crippen molar-refractivity contribution >= 4 is 17.6 Å². The number of anilines is 1. The fourth-order valence-corrected chi connectivity index (χ4v) is 4.68. The molecule has 1 aromatic heterocycles. The summed E-state index contributed by atoms with van der Waals surface area (Å²) in [5.74, 6) is -0.911. The van der Waals surface area contributed by atoms with Crippen LogP contribution in [0.15, 0.2) is 91.0 Å². The van der Waals surface area contributed by atoms with Gasteiger partial charge in [0.25, 0.3) is 5.91 Å². The van der Waals surface area contributed by atoms with E-state index in [-0.39, 0.29) is 23.8 Å². The first-order valence-corrected chi connectivity index (χ1v) is 13.2. The van der Waals surface area contributed by atoms with Gasteiger partial charge in [0, 0.05) is 38.3 Å². The van der Waals surface area contributed by atoms with E-state index in [9.17, 15) is 18.4 Å². The molecule has 0 spiro atoms. The fraction of sp³-hybridized carbons (Fsp3) is 0.226. The molecule has 204 valence electrons. The van der Waals surface area contributed by atoms with Gasteiger partial charge in [-0.25, -0.2) is 8.78 Å². The van der Waals surface area contributed by atoms with E-state index >= 15 is 0 Å². The number of halogens is 2. The van der Waals surface area contributed by atoms with Crippen LogP contribution in [0.4, 0.5) is 14.6 Å². The van der Waals surface area contributed by atoms with Crippen LogP contribution in [0.3, 0.4) is 0 Å². The van der Waals surface area contributed by atoms with E-state index in [0.29, 0.717) is 50.7 Å². The minimum absolute atomic E-state index is 0.0455. The summed E-state index contributed by atoms with van der Waals surface area (Å²) >= 11 is 0. The van der Waals surface area contributed by atoms with Gasteiger partial charge in [-0.1, -0.05) is 42.5 Å². The van der Waals surface area contributed by atoms with Crippen molar-refractivity contribution in [3.63, 3.8) is 0 Å². The molecule has 1 fully saturated rings. The maximum Gasteiger partial charge on any atom is 0.257 e. The third kappa shape index (κ3) is 6.48. The molecule has 1 aliphatic heterocycles. The predicted octanol–water partition coefficient (Wildman–Crippen LogP) is 4.46. The maximum atomic E-state index is 14.4.